The van der Waals surface area contributed by atoms with Crippen LogP contribution in [0.4, 0.5) is 14.4 Å². The third-order valence-electron chi connectivity index (χ3n) is 0.341. The smallest absolute Gasteiger partial charge is 1.00 e. The summed E-state index contributed by atoms with van der Waals surface area (Å²) in [6, 6.07) is 0. The Morgan fingerprint density at radius 3 is 1.42 bits per heavy atom. The van der Waals surface area contributed by atoms with Crippen molar-refractivity contribution in [2.24, 2.45) is 0 Å². The Kier molecular flexibility index (Phi) is 14.1. The van der Waals surface area contributed by atoms with Crippen molar-refractivity contribution < 1.29 is 39.8 Å². The summed E-state index contributed by atoms with van der Waals surface area (Å²) < 4.78 is 6.47. The summed E-state index contributed by atoms with van der Waals surface area (Å²) >= 11 is 0. The summed E-state index contributed by atoms with van der Waals surface area (Å²) in [4.78, 5) is 28.8. The normalized spacial score (nSPS) is 6.67. The monoisotopic (exact) mass is 218 g/mol. The van der Waals surface area contributed by atoms with Crippen LogP contribution in [-0.2, 0) is 9.47 Å². The fraction of sp³-hybridized carbons (Fsp3) is 0. The van der Waals surface area contributed by atoms with E-state index in [1.165, 1.54) is 0 Å². The SMILES string of the molecule is O=C(O)OC(=O)OC(=O)O.[Ca+2].[H-].[H-].[H-].[H-].[Mg+2]. The van der Waals surface area contributed by atoms with Crippen LogP contribution in [0.1, 0.15) is 5.71 Å². The third kappa shape index (κ3) is 12.9. The fourth-order valence-electron chi connectivity index (χ4n) is 0.163. The molecule has 0 aromatic rings. The standard InChI is InChI=1S/C3H2O7.Ca.Mg.4H/c4-1(5)9-3(8)10-2(6)7;;;;;;/h(H,4,5)(H,6,7);;;;;;/q;2*+2;4*-1. The largest absolute Gasteiger partial charge is 2.00 e. The first kappa shape index (κ1) is 18.1. The van der Waals surface area contributed by atoms with Crippen molar-refractivity contribution in [1.29, 1.82) is 0 Å². The number of hydrogen-bond acceptors (Lipinski definition) is 5. The van der Waals surface area contributed by atoms with E-state index in [9.17, 15) is 14.4 Å². The minimum Gasteiger partial charge on any atom is -1.00 e. The van der Waals surface area contributed by atoms with Crippen LogP contribution in [0.2, 0.25) is 0 Å². The molecular formula is C3H6CaMgO7. The van der Waals surface area contributed by atoms with E-state index in [1.54, 1.807) is 0 Å². The van der Waals surface area contributed by atoms with Crippen LogP contribution in [-0.4, -0.2) is 89.5 Å². The van der Waals surface area contributed by atoms with Crippen LogP contribution in [0.15, 0.2) is 0 Å². The van der Waals surface area contributed by atoms with Crippen LogP contribution in [0, 0.1) is 0 Å². The predicted octanol–water partition coefficient (Wildman–Crippen LogP) is 0.184. The second-order valence-electron chi connectivity index (χ2n) is 0.986. The maximum Gasteiger partial charge on any atom is 2.00 e. The molecule has 0 fully saturated rings. The predicted molar refractivity (Wildman–Crippen MR) is 39.6 cm³/mol. The van der Waals surface area contributed by atoms with Crippen LogP contribution in [0.5, 0.6) is 0 Å². The van der Waals surface area contributed by atoms with Crippen molar-refractivity contribution in [1.82, 2.24) is 0 Å². The number of ether oxygens (including phenoxy) is 2. The van der Waals surface area contributed by atoms with E-state index >= 15 is 0 Å². The van der Waals surface area contributed by atoms with Gasteiger partial charge in [-0.2, -0.15) is 0 Å². The quantitative estimate of drug-likeness (QED) is 0.339. The van der Waals surface area contributed by atoms with Crippen LogP contribution in [0.3, 0.4) is 0 Å². The van der Waals surface area contributed by atoms with E-state index in [0.29, 0.717) is 0 Å². The molecule has 12 heavy (non-hydrogen) atoms. The summed E-state index contributed by atoms with van der Waals surface area (Å²) in [5.74, 6) is 0. The molecule has 0 aromatic heterocycles. The van der Waals surface area contributed by atoms with Crippen LogP contribution >= 0.6 is 0 Å². The van der Waals surface area contributed by atoms with Crippen LogP contribution in [0.25, 0.3) is 0 Å². The molecule has 0 heterocycles. The van der Waals surface area contributed by atoms with Gasteiger partial charge in [-0.3, -0.25) is 0 Å². The molecule has 9 heteroatoms. The molecule has 0 spiro atoms. The Balaban J connectivity index is -0.0000000270. The Bertz CT molecular complexity index is 174. The molecule has 0 amide bonds. The van der Waals surface area contributed by atoms with Crippen molar-refractivity contribution in [3.63, 3.8) is 0 Å². The van der Waals surface area contributed by atoms with E-state index in [0.717, 1.165) is 0 Å². The fourth-order valence-corrected chi connectivity index (χ4v) is 0.163. The minimum absolute atomic E-state index is 0. The Morgan fingerprint density at radius 2 is 1.25 bits per heavy atom. The van der Waals surface area contributed by atoms with Gasteiger partial charge in [0, 0.05) is 0 Å². The van der Waals surface area contributed by atoms with Gasteiger partial charge in [-0.15, -0.1) is 0 Å². The van der Waals surface area contributed by atoms with E-state index in [2.05, 4.69) is 9.47 Å². The van der Waals surface area contributed by atoms with Crippen molar-refractivity contribution in [2.45, 2.75) is 0 Å². The molecule has 0 atom stereocenters. The van der Waals surface area contributed by atoms with Crippen molar-refractivity contribution in [2.75, 3.05) is 0 Å². The van der Waals surface area contributed by atoms with E-state index < -0.39 is 18.5 Å². The van der Waals surface area contributed by atoms with Gasteiger partial charge >= 0.3 is 79.3 Å². The molecule has 2 N–H and O–H groups in total. The summed E-state index contributed by atoms with van der Waals surface area (Å²) in [6.45, 7) is 0. The van der Waals surface area contributed by atoms with Gasteiger partial charge in [0.15, 0.2) is 0 Å². The van der Waals surface area contributed by atoms with E-state index in [1.807, 2.05) is 0 Å². The number of rotatable bonds is 0. The molecule has 0 aromatic carbocycles. The van der Waals surface area contributed by atoms with E-state index in [4.69, 9.17) is 10.2 Å². The van der Waals surface area contributed by atoms with Gasteiger partial charge in [0.05, 0.1) is 0 Å². The number of carbonyl (C=O) groups excluding carboxylic acids is 1. The average molecular weight is 218 g/mol. The molecule has 64 valence electrons. The molecule has 0 aliphatic carbocycles. The van der Waals surface area contributed by atoms with Gasteiger partial charge in [-0.1, -0.05) is 0 Å². The second-order valence-corrected chi connectivity index (χ2v) is 0.986. The van der Waals surface area contributed by atoms with Crippen molar-refractivity contribution >= 4 is 79.3 Å². The summed E-state index contributed by atoms with van der Waals surface area (Å²) in [7, 11) is 0. The Labute approximate surface area is 118 Å². The Hall–Kier alpha value is 0.236. The Morgan fingerprint density at radius 1 is 1.00 bits per heavy atom. The first-order valence-corrected chi connectivity index (χ1v) is 1.88. The molecule has 0 rings (SSSR count). The maximum absolute atomic E-state index is 9.86. The topological polar surface area (TPSA) is 110 Å². The molecule has 7 nitrogen and oxygen atoms in total. The number of carbonyl (C=O) groups is 3. The van der Waals surface area contributed by atoms with Gasteiger partial charge in [0.2, 0.25) is 0 Å². The third-order valence-corrected chi connectivity index (χ3v) is 0.341. The second kappa shape index (κ2) is 9.32. The maximum atomic E-state index is 9.86. The van der Waals surface area contributed by atoms with Gasteiger partial charge in [0.1, 0.15) is 0 Å². The average Bonchev–Trinajstić information content (AvgIpc) is 1.58. The summed E-state index contributed by atoms with van der Waals surface area (Å²) in [5, 5.41) is 15.4. The molecule has 0 radical (unpaired) electrons. The zero-order valence-corrected chi connectivity index (χ0v) is 9.47. The summed E-state index contributed by atoms with van der Waals surface area (Å²) in [6.07, 6.45) is -5.64. The minimum atomic E-state index is -1.92. The summed E-state index contributed by atoms with van der Waals surface area (Å²) in [5.41, 5.74) is 0. The van der Waals surface area contributed by atoms with Crippen molar-refractivity contribution in [3.8, 4) is 0 Å². The zero-order chi connectivity index (χ0) is 8.15. The molecule has 0 saturated carbocycles. The molecule has 0 saturated heterocycles. The van der Waals surface area contributed by atoms with Gasteiger partial charge < -0.3 is 25.4 Å². The molecule has 0 unspecified atom stereocenters. The van der Waals surface area contributed by atoms with Gasteiger partial charge in [-0.25, -0.2) is 14.4 Å². The number of hydrogen-bond donors (Lipinski definition) is 2. The molecular weight excluding hydrogens is 212 g/mol. The van der Waals surface area contributed by atoms with Gasteiger partial charge in [-0.05, 0) is 0 Å². The first-order chi connectivity index (χ1) is 4.52. The van der Waals surface area contributed by atoms with Crippen LogP contribution < -0.4 is 0 Å². The van der Waals surface area contributed by atoms with Crippen molar-refractivity contribution in [3.05, 3.63) is 0 Å². The molecule has 0 aliphatic heterocycles. The zero-order valence-electron chi connectivity index (χ0n) is 9.85. The number of carboxylic acid groups (broad SMARTS) is 2. The van der Waals surface area contributed by atoms with Gasteiger partial charge in [0.25, 0.3) is 0 Å². The molecule has 0 bridgehead atoms. The first-order valence-electron chi connectivity index (χ1n) is 1.88. The molecule has 0 aliphatic rings. The van der Waals surface area contributed by atoms with E-state index in [-0.39, 0.29) is 66.5 Å².